The zero-order chi connectivity index (χ0) is 16.8. The van der Waals surface area contributed by atoms with E-state index in [-0.39, 0.29) is 5.91 Å². The van der Waals surface area contributed by atoms with Crippen LogP contribution in [0, 0.1) is 0 Å². The number of nitrogens with one attached hydrogen (secondary N) is 1. The third kappa shape index (κ3) is 4.79. The van der Waals surface area contributed by atoms with Gasteiger partial charge >= 0.3 is 0 Å². The van der Waals surface area contributed by atoms with E-state index in [1.165, 1.54) is 32.1 Å². The van der Waals surface area contributed by atoms with E-state index in [0.717, 1.165) is 24.8 Å². The largest absolute Gasteiger partial charge is 0.489 e. The van der Waals surface area contributed by atoms with Crippen LogP contribution in [0.3, 0.4) is 0 Å². The highest BCUT2D eigenvalue weighted by Gasteiger charge is 2.18. The first-order valence-electron chi connectivity index (χ1n) is 9.10. The Labute approximate surface area is 148 Å². The lowest BCUT2D eigenvalue weighted by Crippen LogP contribution is -2.36. The standard InChI is InChI=1S/C19H26ClNO3/c20-16-11-14(12-17-19(16)24-10-6-9-23-17)13-18(22)21-15-7-4-2-1-3-5-8-15/h11-12,15H,1-10,13H2,(H,21,22). The van der Waals surface area contributed by atoms with Gasteiger partial charge in [-0.25, -0.2) is 0 Å². The van der Waals surface area contributed by atoms with E-state index in [1.54, 1.807) is 0 Å². The van der Waals surface area contributed by atoms with Gasteiger partial charge in [0, 0.05) is 12.5 Å². The number of hydrogen-bond acceptors (Lipinski definition) is 3. The van der Waals surface area contributed by atoms with Gasteiger partial charge < -0.3 is 14.8 Å². The highest BCUT2D eigenvalue weighted by molar-refractivity contribution is 6.32. The molecule has 0 atom stereocenters. The number of carbonyl (C=O) groups is 1. The van der Waals surface area contributed by atoms with Crippen molar-refractivity contribution < 1.29 is 14.3 Å². The molecule has 0 bridgehead atoms. The van der Waals surface area contributed by atoms with E-state index in [1.807, 2.05) is 12.1 Å². The molecule has 132 valence electrons. The fourth-order valence-electron chi connectivity index (χ4n) is 3.45. The quantitative estimate of drug-likeness (QED) is 0.884. The predicted molar refractivity (Wildman–Crippen MR) is 95.0 cm³/mol. The Hall–Kier alpha value is -1.42. The molecule has 2 aliphatic rings. The molecule has 5 heteroatoms. The van der Waals surface area contributed by atoms with Crippen molar-refractivity contribution >= 4 is 17.5 Å². The summed E-state index contributed by atoms with van der Waals surface area (Å²) >= 11 is 6.30. The fraction of sp³-hybridized carbons (Fsp3) is 0.632. The van der Waals surface area contributed by atoms with E-state index in [9.17, 15) is 4.79 Å². The second kappa shape index (κ2) is 8.61. The predicted octanol–water partition coefficient (Wildman–Crippen LogP) is 4.27. The molecule has 24 heavy (non-hydrogen) atoms. The number of halogens is 1. The van der Waals surface area contributed by atoms with Crippen LogP contribution in [0.5, 0.6) is 11.5 Å². The van der Waals surface area contributed by atoms with Crippen LogP contribution >= 0.6 is 11.6 Å². The molecular formula is C19H26ClNO3. The summed E-state index contributed by atoms with van der Waals surface area (Å²) in [7, 11) is 0. The van der Waals surface area contributed by atoms with Gasteiger partial charge in [0.15, 0.2) is 11.5 Å². The van der Waals surface area contributed by atoms with Crippen molar-refractivity contribution in [2.45, 2.75) is 63.8 Å². The van der Waals surface area contributed by atoms with Crippen LogP contribution in [0.4, 0.5) is 0 Å². The van der Waals surface area contributed by atoms with E-state index in [4.69, 9.17) is 21.1 Å². The monoisotopic (exact) mass is 351 g/mol. The van der Waals surface area contributed by atoms with Crippen LogP contribution in [0.25, 0.3) is 0 Å². The molecule has 1 aromatic rings. The van der Waals surface area contributed by atoms with Gasteiger partial charge in [0.1, 0.15) is 0 Å². The summed E-state index contributed by atoms with van der Waals surface area (Å²) in [6.45, 7) is 1.22. The minimum absolute atomic E-state index is 0.0612. The number of amides is 1. The smallest absolute Gasteiger partial charge is 0.224 e. The van der Waals surface area contributed by atoms with Crippen molar-refractivity contribution in [3.8, 4) is 11.5 Å². The molecule has 0 radical (unpaired) electrons. The summed E-state index contributed by atoms with van der Waals surface area (Å²) in [5, 5.41) is 3.71. The van der Waals surface area contributed by atoms with Crippen molar-refractivity contribution in [1.82, 2.24) is 5.32 Å². The summed E-state index contributed by atoms with van der Waals surface area (Å²) in [6, 6.07) is 4.01. The first-order valence-corrected chi connectivity index (χ1v) is 9.47. The molecule has 1 fully saturated rings. The van der Waals surface area contributed by atoms with Gasteiger partial charge in [0.2, 0.25) is 5.91 Å². The summed E-state index contributed by atoms with van der Waals surface area (Å²) in [6.07, 6.45) is 9.66. The average molecular weight is 352 g/mol. The third-order valence-corrected chi connectivity index (χ3v) is 4.98. The number of ether oxygens (including phenoxy) is 2. The van der Waals surface area contributed by atoms with Gasteiger partial charge in [0.05, 0.1) is 24.7 Å². The van der Waals surface area contributed by atoms with Gasteiger partial charge in [-0.15, -0.1) is 0 Å². The molecule has 3 rings (SSSR count). The van der Waals surface area contributed by atoms with Crippen LogP contribution in [0.15, 0.2) is 12.1 Å². The zero-order valence-corrected chi connectivity index (χ0v) is 14.9. The van der Waals surface area contributed by atoms with Crippen molar-refractivity contribution in [3.05, 3.63) is 22.7 Å². The maximum atomic E-state index is 12.4. The summed E-state index contributed by atoms with van der Waals surface area (Å²) in [4.78, 5) is 12.4. The molecule has 1 aliphatic carbocycles. The Morgan fingerprint density at radius 3 is 2.54 bits per heavy atom. The van der Waals surface area contributed by atoms with E-state index in [0.29, 0.717) is 42.2 Å². The molecule has 0 aromatic heterocycles. The number of rotatable bonds is 3. The molecule has 1 saturated carbocycles. The van der Waals surface area contributed by atoms with E-state index < -0.39 is 0 Å². The lowest BCUT2D eigenvalue weighted by Gasteiger charge is -2.21. The molecule has 1 N–H and O–H groups in total. The van der Waals surface area contributed by atoms with Gasteiger partial charge in [-0.2, -0.15) is 0 Å². The number of fused-ring (bicyclic) bond motifs is 1. The first-order chi connectivity index (χ1) is 11.7. The Balaban J connectivity index is 1.61. The Bertz CT molecular complexity index is 568. The molecule has 4 nitrogen and oxygen atoms in total. The second-order valence-corrected chi connectivity index (χ2v) is 7.15. The van der Waals surface area contributed by atoms with Crippen LogP contribution in [-0.4, -0.2) is 25.2 Å². The Kier molecular flexibility index (Phi) is 6.24. The number of benzene rings is 1. The van der Waals surface area contributed by atoms with Crippen molar-refractivity contribution in [1.29, 1.82) is 0 Å². The summed E-state index contributed by atoms with van der Waals surface area (Å²) < 4.78 is 11.3. The van der Waals surface area contributed by atoms with Crippen LogP contribution in [0.1, 0.15) is 56.9 Å². The average Bonchev–Trinajstić information content (AvgIpc) is 2.75. The second-order valence-electron chi connectivity index (χ2n) is 6.74. The maximum absolute atomic E-state index is 12.4. The molecule has 1 aromatic carbocycles. The van der Waals surface area contributed by atoms with Crippen LogP contribution < -0.4 is 14.8 Å². The minimum Gasteiger partial charge on any atom is -0.489 e. The first kappa shape index (κ1) is 17.4. The van der Waals surface area contributed by atoms with Crippen molar-refractivity contribution in [2.75, 3.05) is 13.2 Å². The normalized spacial score (nSPS) is 19.0. The summed E-state index contributed by atoms with van der Waals surface area (Å²) in [5.74, 6) is 1.30. The van der Waals surface area contributed by atoms with Gasteiger partial charge in [-0.3, -0.25) is 4.79 Å². The van der Waals surface area contributed by atoms with Crippen LogP contribution in [-0.2, 0) is 11.2 Å². The Morgan fingerprint density at radius 1 is 1.04 bits per heavy atom. The molecule has 0 spiro atoms. The third-order valence-electron chi connectivity index (χ3n) is 4.70. The fourth-order valence-corrected chi connectivity index (χ4v) is 3.74. The number of hydrogen-bond donors (Lipinski definition) is 1. The highest BCUT2D eigenvalue weighted by Crippen LogP contribution is 2.38. The van der Waals surface area contributed by atoms with Gasteiger partial charge in [-0.05, 0) is 30.5 Å². The van der Waals surface area contributed by atoms with E-state index in [2.05, 4.69) is 5.32 Å². The van der Waals surface area contributed by atoms with Crippen LogP contribution in [0.2, 0.25) is 5.02 Å². The molecule has 0 saturated heterocycles. The topological polar surface area (TPSA) is 47.6 Å². The highest BCUT2D eigenvalue weighted by atomic mass is 35.5. The van der Waals surface area contributed by atoms with Gasteiger partial charge in [0.25, 0.3) is 0 Å². The maximum Gasteiger partial charge on any atom is 0.224 e. The van der Waals surface area contributed by atoms with E-state index >= 15 is 0 Å². The summed E-state index contributed by atoms with van der Waals surface area (Å²) in [5.41, 5.74) is 0.868. The van der Waals surface area contributed by atoms with Crippen molar-refractivity contribution in [3.63, 3.8) is 0 Å². The molecule has 1 aliphatic heterocycles. The molecular weight excluding hydrogens is 326 g/mol. The van der Waals surface area contributed by atoms with Crippen molar-refractivity contribution in [2.24, 2.45) is 0 Å². The minimum atomic E-state index is 0.0612. The molecule has 1 heterocycles. The van der Waals surface area contributed by atoms with Gasteiger partial charge in [-0.1, -0.05) is 43.7 Å². The molecule has 1 amide bonds. The SMILES string of the molecule is O=C(Cc1cc(Cl)c2c(c1)OCCCO2)NC1CCCCCCC1. The lowest BCUT2D eigenvalue weighted by atomic mass is 9.96. The molecule has 0 unspecified atom stereocenters. The Morgan fingerprint density at radius 2 is 1.75 bits per heavy atom. The number of carbonyl (C=O) groups excluding carboxylic acids is 1. The zero-order valence-electron chi connectivity index (χ0n) is 14.1. The lowest BCUT2D eigenvalue weighted by molar-refractivity contribution is -0.121.